The normalized spacial score (nSPS) is 16.5. The van der Waals surface area contributed by atoms with Crippen LogP contribution in [0.4, 0.5) is 13.2 Å². The van der Waals surface area contributed by atoms with Crippen LogP contribution in [0, 0.1) is 6.92 Å². The van der Waals surface area contributed by atoms with Crippen LogP contribution >= 0.6 is 11.3 Å². The Kier molecular flexibility index (Phi) is 4.59. The lowest BCUT2D eigenvalue weighted by Gasteiger charge is -2.17. The second-order valence-electron chi connectivity index (χ2n) is 5.42. The average Bonchev–Trinajstić information content (AvgIpc) is 3.15. The maximum Gasteiger partial charge on any atom is 0.273 e. The highest BCUT2D eigenvalue weighted by molar-refractivity contribution is 7.16. The molecular weight excluding hydrogens is 345 g/mol. The van der Waals surface area contributed by atoms with Crippen LogP contribution in [0.3, 0.4) is 0 Å². The van der Waals surface area contributed by atoms with Crippen molar-refractivity contribution in [3.8, 4) is 0 Å². The lowest BCUT2D eigenvalue weighted by Crippen LogP contribution is -2.28. The molecule has 0 N–H and O–H groups in total. The molecule has 0 radical (unpaired) electrons. The third-order valence-corrected chi connectivity index (χ3v) is 4.60. The van der Waals surface area contributed by atoms with Gasteiger partial charge in [-0.3, -0.25) is 4.79 Å². The summed E-state index contributed by atoms with van der Waals surface area (Å²) in [5, 5.41) is 5.10. The number of carbonyl (C=O) groups excluding carboxylic acids is 1. The molecule has 1 aliphatic rings. The first-order valence-electron chi connectivity index (χ1n) is 7.15. The van der Waals surface area contributed by atoms with E-state index in [-0.39, 0.29) is 18.7 Å². The number of imidazole rings is 1. The molecule has 130 valence electrons. The molecule has 3 heterocycles. The van der Waals surface area contributed by atoms with Crippen molar-refractivity contribution in [3.05, 3.63) is 28.0 Å². The Hall–Kier alpha value is -1.94. The molecule has 3 rings (SSSR count). The van der Waals surface area contributed by atoms with Crippen LogP contribution in [0.2, 0.25) is 0 Å². The van der Waals surface area contributed by atoms with Gasteiger partial charge in [0.15, 0.2) is 6.17 Å². The SMILES string of the molecule is COCc1nn2c(CN3CC(C(F)C(F)F)=CC3=O)c(C)nc2s1. The molecule has 1 aliphatic heterocycles. The largest absolute Gasteiger partial charge is 0.377 e. The van der Waals surface area contributed by atoms with E-state index in [1.54, 1.807) is 18.5 Å². The van der Waals surface area contributed by atoms with E-state index in [1.807, 2.05) is 0 Å². The summed E-state index contributed by atoms with van der Waals surface area (Å²) in [4.78, 5) is 18.3. The van der Waals surface area contributed by atoms with Crippen LogP contribution < -0.4 is 0 Å². The quantitative estimate of drug-likeness (QED) is 0.792. The number of fused-ring (bicyclic) bond motifs is 1. The molecule has 0 fully saturated rings. The molecule has 0 aliphatic carbocycles. The second kappa shape index (κ2) is 6.52. The maximum atomic E-state index is 13.4. The third-order valence-electron chi connectivity index (χ3n) is 3.72. The zero-order chi connectivity index (χ0) is 17.4. The molecule has 0 bridgehead atoms. The van der Waals surface area contributed by atoms with Gasteiger partial charge in [-0.2, -0.15) is 5.10 Å². The van der Waals surface area contributed by atoms with Crippen LogP contribution in [0.1, 0.15) is 16.4 Å². The van der Waals surface area contributed by atoms with E-state index in [0.717, 1.165) is 11.1 Å². The maximum absolute atomic E-state index is 13.4. The van der Waals surface area contributed by atoms with E-state index in [4.69, 9.17) is 4.74 Å². The number of alkyl halides is 3. The molecular formula is C14H15F3N4O2S. The van der Waals surface area contributed by atoms with Gasteiger partial charge < -0.3 is 9.64 Å². The van der Waals surface area contributed by atoms with Crippen molar-refractivity contribution in [1.82, 2.24) is 19.5 Å². The molecule has 1 amide bonds. The Balaban J connectivity index is 1.80. The summed E-state index contributed by atoms with van der Waals surface area (Å²) < 4.78 is 45.0. The first kappa shape index (κ1) is 16.9. The highest BCUT2D eigenvalue weighted by Crippen LogP contribution is 2.25. The summed E-state index contributed by atoms with van der Waals surface area (Å²) in [6, 6.07) is 0. The molecule has 0 aromatic carbocycles. The van der Waals surface area contributed by atoms with Gasteiger partial charge in [-0.1, -0.05) is 11.3 Å². The minimum atomic E-state index is -3.14. The summed E-state index contributed by atoms with van der Waals surface area (Å²) in [5.74, 6) is -0.491. The highest BCUT2D eigenvalue weighted by Gasteiger charge is 2.32. The zero-order valence-electron chi connectivity index (χ0n) is 13.0. The molecule has 24 heavy (non-hydrogen) atoms. The van der Waals surface area contributed by atoms with Crippen molar-refractivity contribution in [3.63, 3.8) is 0 Å². The molecule has 6 nitrogen and oxygen atoms in total. The standard InChI is InChI=1S/C14H15F3N4O2S/c1-7-9(21-14(18-7)24-10(19-21)6-23-2)5-20-4-8(3-11(20)22)12(15)13(16)17/h3,12-13H,4-6H2,1-2H3. The van der Waals surface area contributed by atoms with E-state index >= 15 is 0 Å². The first-order valence-corrected chi connectivity index (χ1v) is 7.96. The van der Waals surface area contributed by atoms with E-state index in [9.17, 15) is 18.0 Å². The summed E-state index contributed by atoms with van der Waals surface area (Å²) in [5.41, 5.74) is 1.15. The number of ether oxygens (including phenoxy) is 1. The molecule has 1 atom stereocenters. The minimum absolute atomic E-state index is 0.123. The fraction of sp³-hybridized carbons (Fsp3) is 0.500. The van der Waals surface area contributed by atoms with Crippen molar-refractivity contribution in [2.75, 3.05) is 13.7 Å². The Bertz CT molecular complexity index is 801. The molecule has 10 heteroatoms. The molecule has 2 aromatic rings. The van der Waals surface area contributed by atoms with Gasteiger partial charge in [0.05, 0.1) is 24.5 Å². The van der Waals surface area contributed by atoms with E-state index in [1.165, 1.54) is 16.2 Å². The molecule has 0 saturated carbocycles. The summed E-state index contributed by atoms with van der Waals surface area (Å²) >= 11 is 1.37. The lowest BCUT2D eigenvalue weighted by atomic mass is 10.2. The number of hydrogen-bond donors (Lipinski definition) is 0. The van der Waals surface area contributed by atoms with Gasteiger partial charge in [-0.05, 0) is 12.5 Å². The molecule has 0 spiro atoms. The van der Waals surface area contributed by atoms with Crippen LogP contribution in [0.5, 0.6) is 0 Å². The van der Waals surface area contributed by atoms with Gasteiger partial charge in [-0.25, -0.2) is 22.7 Å². The minimum Gasteiger partial charge on any atom is -0.377 e. The second-order valence-corrected chi connectivity index (χ2v) is 6.46. The first-order chi connectivity index (χ1) is 11.4. The predicted octanol–water partition coefficient (Wildman–Crippen LogP) is 2.12. The lowest BCUT2D eigenvalue weighted by molar-refractivity contribution is -0.125. The van der Waals surface area contributed by atoms with Crippen molar-refractivity contribution in [1.29, 1.82) is 0 Å². The Morgan fingerprint density at radius 1 is 1.42 bits per heavy atom. The van der Waals surface area contributed by atoms with Gasteiger partial charge in [0, 0.05) is 19.7 Å². The predicted molar refractivity (Wildman–Crippen MR) is 80.7 cm³/mol. The monoisotopic (exact) mass is 360 g/mol. The number of nitrogens with zero attached hydrogens (tertiary/aromatic N) is 4. The van der Waals surface area contributed by atoms with Crippen molar-refractivity contribution in [2.24, 2.45) is 0 Å². The van der Waals surface area contributed by atoms with Gasteiger partial charge in [0.2, 0.25) is 10.9 Å². The topological polar surface area (TPSA) is 59.7 Å². The number of amides is 1. The van der Waals surface area contributed by atoms with Crippen molar-refractivity contribution < 1.29 is 22.7 Å². The summed E-state index contributed by atoms with van der Waals surface area (Å²) in [6.45, 7) is 2.08. The number of methoxy groups -OCH3 is 1. The van der Waals surface area contributed by atoms with Crippen LogP contribution in [-0.4, -0.2) is 51.7 Å². The zero-order valence-corrected chi connectivity index (χ0v) is 13.8. The summed E-state index contributed by atoms with van der Waals surface area (Å²) in [6.07, 6.45) is -4.61. The summed E-state index contributed by atoms with van der Waals surface area (Å²) in [7, 11) is 1.56. The number of hydrogen-bond acceptors (Lipinski definition) is 5. The number of rotatable bonds is 6. The van der Waals surface area contributed by atoms with Crippen LogP contribution in [0.25, 0.3) is 4.96 Å². The highest BCUT2D eigenvalue weighted by atomic mass is 32.1. The third kappa shape index (κ3) is 3.03. The van der Waals surface area contributed by atoms with E-state index < -0.39 is 18.5 Å². The molecule has 0 saturated heterocycles. The van der Waals surface area contributed by atoms with Crippen LogP contribution in [0.15, 0.2) is 11.6 Å². The Labute approximate surface area is 139 Å². The molecule has 1 unspecified atom stereocenters. The Morgan fingerprint density at radius 3 is 2.83 bits per heavy atom. The van der Waals surface area contributed by atoms with E-state index in [0.29, 0.717) is 23.0 Å². The molecule has 2 aromatic heterocycles. The number of aryl methyl sites for hydroxylation is 1. The number of halogens is 3. The van der Waals surface area contributed by atoms with E-state index in [2.05, 4.69) is 10.1 Å². The fourth-order valence-corrected chi connectivity index (χ4v) is 3.46. The van der Waals surface area contributed by atoms with Crippen LogP contribution in [-0.2, 0) is 22.7 Å². The smallest absolute Gasteiger partial charge is 0.273 e. The van der Waals surface area contributed by atoms with Gasteiger partial charge in [-0.15, -0.1) is 0 Å². The van der Waals surface area contributed by atoms with Crippen molar-refractivity contribution in [2.45, 2.75) is 32.7 Å². The fourth-order valence-electron chi connectivity index (χ4n) is 2.53. The average molecular weight is 360 g/mol. The van der Waals surface area contributed by atoms with Gasteiger partial charge >= 0.3 is 0 Å². The Morgan fingerprint density at radius 2 is 2.17 bits per heavy atom. The van der Waals surface area contributed by atoms with Gasteiger partial charge in [0.25, 0.3) is 6.43 Å². The number of aromatic nitrogens is 3. The van der Waals surface area contributed by atoms with Crippen molar-refractivity contribution >= 4 is 22.2 Å². The number of carbonyl (C=O) groups is 1. The van der Waals surface area contributed by atoms with Gasteiger partial charge in [0.1, 0.15) is 5.01 Å².